The van der Waals surface area contributed by atoms with Gasteiger partial charge in [0, 0.05) is 7.11 Å². The van der Waals surface area contributed by atoms with Crippen LogP contribution in [-0.4, -0.2) is 25.4 Å². The highest BCUT2D eigenvalue weighted by atomic mass is 16.5. The van der Waals surface area contributed by atoms with Gasteiger partial charge in [0.25, 0.3) is 0 Å². The Morgan fingerprint density at radius 1 is 1.24 bits per heavy atom. The standard InChI is InChI=1S/C14H25NO2/c1-16-14(9-5-2-3-6-10-14)13(15)12-8-4-7-11-17-12/h8,13H,2-7,9-11,15H2,1H3. The monoisotopic (exact) mass is 239 g/mol. The molecular weight excluding hydrogens is 214 g/mol. The number of methoxy groups -OCH3 is 1. The van der Waals surface area contributed by atoms with E-state index in [4.69, 9.17) is 15.2 Å². The van der Waals surface area contributed by atoms with Crippen LogP contribution in [0.3, 0.4) is 0 Å². The third-order valence-corrected chi connectivity index (χ3v) is 4.19. The highest BCUT2D eigenvalue weighted by Gasteiger charge is 2.40. The number of hydrogen-bond donors (Lipinski definition) is 1. The van der Waals surface area contributed by atoms with Crippen LogP contribution < -0.4 is 5.73 Å². The van der Waals surface area contributed by atoms with Gasteiger partial charge >= 0.3 is 0 Å². The van der Waals surface area contributed by atoms with Crippen molar-refractivity contribution < 1.29 is 9.47 Å². The lowest BCUT2D eigenvalue weighted by Gasteiger charge is -2.38. The summed E-state index contributed by atoms with van der Waals surface area (Å²) in [6.45, 7) is 0.805. The van der Waals surface area contributed by atoms with Gasteiger partial charge in [-0.05, 0) is 31.8 Å². The number of hydrogen-bond acceptors (Lipinski definition) is 3. The molecule has 0 spiro atoms. The van der Waals surface area contributed by atoms with Crippen LogP contribution >= 0.6 is 0 Å². The molecule has 3 heteroatoms. The smallest absolute Gasteiger partial charge is 0.112 e. The molecule has 0 aromatic heterocycles. The Bertz CT molecular complexity index is 267. The quantitative estimate of drug-likeness (QED) is 0.770. The summed E-state index contributed by atoms with van der Waals surface area (Å²) < 4.78 is 11.5. The predicted molar refractivity (Wildman–Crippen MR) is 68.7 cm³/mol. The molecule has 1 unspecified atom stereocenters. The molecule has 0 saturated heterocycles. The van der Waals surface area contributed by atoms with Gasteiger partial charge in [-0.2, -0.15) is 0 Å². The predicted octanol–water partition coefficient (Wildman–Crippen LogP) is 2.75. The molecule has 98 valence electrons. The Morgan fingerprint density at radius 2 is 1.94 bits per heavy atom. The molecule has 0 radical (unpaired) electrons. The molecule has 3 nitrogen and oxygen atoms in total. The van der Waals surface area contributed by atoms with Crippen LogP contribution in [0.25, 0.3) is 0 Å². The third kappa shape index (κ3) is 2.83. The van der Waals surface area contributed by atoms with E-state index in [0.717, 1.165) is 38.0 Å². The van der Waals surface area contributed by atoms with Crippen molar-refractivity contribution >= 4 is 0 Å². The molecule has 17 heavy (non-hydrogen) atoms. The zero-order valence-electron chi connectivity index (χ0n) is 10.9. The molecule has 0 aromatic rings. The number of ether oxygens (including phenoxy) is 2. The zero-order chi connectivity index (χ0) is 12.1. The topological polar surface area (TPSA) is 44.5 Å². The van der Waals surface area contributed by atoms with Crippen LogP contribution in [-0.2, 0) is 9.47 Å². The summed E-state index contributed by atoms with van der Waals surface area (Å²) in [6.07, 6.45) is 11.5. The Kier molecular flexibility index (Phi) is 4.46. The molecule has 2 rings (SSSR count). The van der Waals surface area contributed by atoms with Crippen LogP contribution in [0.15, 0.2) is 11.8 Å². The highest BCUT2D eigenvalue weighted by molar-refractivity contribution is 5.13. The van der Waals surface area contributed by atoms with Crippen molar-refractivity contribution in [2.75, 3.05) is 13.7 Å². The molecule has 0 amide bonds. The molecule has 0 bridgehead atoms. The van der Waals surface area contributed by atoms with E-state index >= 15 is 0 Å². The van der Waals surface area contributed by atoms with E-state index in [1.807, 2.05) is 0 Å². The molecule has 2 N–H and O–H groups in total. The van der Waals surface area contributed by atoms with Crippen LogP contribution in [0.4, 0.5) is 0 Å². The minimum atomic E-state index is -0.195. The van der Waals surface area contributed by atoms with E-state index in [2.05, 4.69) is 6.08 Å². The molecule has 0 aromatic carbocycles. The van der Waals surface area contributed by atoms with Crippen molar-refractivity contribution in [1.82, 2.24) is 0 Å². The van der Waals surface area contributed by atoms with Gasteiger partial charge in [-0.1, -0.05) is 25.7 Å². The molecule has 1 atom stereocenters. The van der Waals surface area contributed by atoms with E-state index in [9.17, 15) is 0 Å². The number of rotatable bonds is 3. The second-order valence-corrected chi connectivity index (χ2v) is 5.26. The molecule has 1 heterocycles. The lowest BCUT2D eigenvalue weighted by Crippen LogP contribution is -2.51. The summed E-state index contributed by atoms with van der Waals surface area (Å²) in [7, 11) is 1.80. The van der Waals surface area contributed by atoms with Crippen molar-refractivity contribution in [3.63, 3.8) is 0 Å². The molecular formula is C14H25NO2. The first-order valence-corrected chi connectivity index (χ1v) is 6.92. The average molecular weight is 239 g/mol. The van der Waals surface area contributed by atoms with E-state index in [0.29, 0.717) is 0 Å². The minimum absolute atomic E-state index is 0.0918. The molecule has 1 aliphatic carbocycles. The van der Waals surface area contributed by atoms with Crippen LogP contribution in [0.2, 0.25) is 0 Å². The molecule has 1 fully saturated rings. The fourth-order valence-electron chi connectivity index (χ4n) is 3.02. The maximum atomic E-state index is 6.42. The lowest BCUT2D eigenvalue weighted by molar-refractivity contribution is -0.0480. The number of allylic oxidation sites excluding steroid dienone is 1. The maximum absolute atomic E-state index is 6.42. The van der Waals surface area contributed by atoms with Gasteiger partial charge < -0.3 is 15.2 Å². The summed E-state index contributed by atoms with van der Waals surface area (Å²) in [5.41, 5.74) is 6.23. The van der Waals surface area contributed by atoms with Gasteiger partial charge in [-0.15, -0.1) is 0 Å². The van der Waals surface area contributed by atoms with Crippen molar-refractivity contribution in [2.24, 2.45) is 5.73 Å². The average Bonchev–Trinajstić information content (AvgIpc) is 2.65. The number of nitrogens with two attached hydrogens (primary N) is 1. The summed E-state index contributed by atoms with van der Waals surface area (Å²) in [4.78, 5) is 0. The lowest BCUT2D eigenvalue weighted by atomic mass is 9.85. The van der Waals surface area contributed by atoms with E-state index in [1.165, 1.54) is 25.7 Å². The van der Waals surface area contributed by atoms with Crippen LogP contribution in [0.1, 0.15) is 51.4 Å². The molecule has 1 aliphatic heterocycles. The van der Waals surface area contributed by atoms with Crippen LogP contribution in [0, 0.1) is 0 Å². The Morgan fingerprint density at radius 3 is 2.47 bits per heavy atom. The molecule has 2 aliphatic rings. The fourth-order valence-corrected chi connectivity index (χ4v) is 3.02. The Balaban J connectivity index is 2.11. The van der Waals surface area contributed by atoms with E-state index < -0.39 is 0 Å². The first-order chi connectivity index (χ1) is 8.28. The molecule has 1 saturated carbocycles. The van der Waals surface area contributed by atoms with Gasteiger partial charge in [0.15, 0.2) is 0 Å². The highest BCUT2D eigenvalue weighted by Crippen LogP contribution is 2.35. The summed E-state index contributed by atoms with van der Waals surface area (Å²) in [5.74, 6) is 0.958. The Hall–Kier alpha value is -0.540. The van der Waals surface area contributed by atoms with Gasteiger partial charge in [-0.3, -0.25) is 0 Å². The van der Waals surface area contributed by atoms with Gasteiger partial charge in [-0.25, -0.2) is 0 Å². The van der Waals surface area contributed by atoms with Crippen molar-refractivity contribution in [3.05, 3.63) is 11.8 Å². The van der Waals surface area contributed by atoms with Crippen molar-refractivity contribution in [2.45, 2.75) is 63.0 Å². The summed E-state index contributed by atoms with van der Waals surface area (Å²) >= 11 is 0. The summed E-state index contributed by atoms with van der Waals surface area (Å²) in [6, 6.07) is -0.0918. The fraction of sp³-hybridized carbons (Fsp3) is 0.857. The van der Waals surface area contributed by atoms with Crippen molar-refractivity contribution in [3.8, 4) is 0 Å². The van der Waals surface area contributed by atoms with Crippen LogP contribution in [0.5, 0.6) is 0 Å². The van der Waals surface area contributed by atoms with Gasteiger partial charge in [0.1, 0.15) is 5.76 Å². The summed E-state index contributed by atoms with van der Waals surface area (Å²) in [5, 5.41) is 0. The SMILES string of the molecule is COC1(C(N)C2=CCCCO2)CCCCCC1. The maximum Gasteiger partial charge on any atom is 0.112 e. The Labute approximate surface area is 104 Å². The largest absolute Gasteiger partial charge is 0.496 e. The van der Waals surface area contributed by atoms with E-state index in [-0.39, 0.29) is 11.6 Å². The first kappa shape index (κ1) is 12.9. The normalized spacial score (nSPS) is 26.6. The second-order valence-electron chi connectivity index (χ2n) is 5.26. The third-order valence-electron chi connectivity index (χ3n) is 4.19. The van der Waals surface area contributed by atoms with Gasteiger partial charge in [0.05, 0.1) is 18.2 Å². The van der Waals surface area contributed by atoms with E-state index in [1.54, 1.807) is 7.11 Å². The zero-order valence-corrected chi connectivity index (χ0v) is 10.9. The van der Waals surface area contributed by atoms with Gasteiger partial charge in [0.2, 0.25) is 0 Å². The first-order valence-electron chi connectivity index (χ1n) is 6.92. The second kappa shape index (κ2) is 5.87. The minimum Gasteiger partial charge on any atom is -0.496 e. The van der Waals surface area contributed by atoms with Crippen molar-refractivity contribution in [1.29, 1.82) is 0 Å².